The Morgan fingerprint density at radius 3 is 2.38 bits per heavy atom. The van der Waals surface area contributed by atoms with Crippen molar-refractivity contribution in [1.82, 2.24) is 5.32 Å². The first-order chi connectivity index (χ1) is 12.3. The molecule has 1 aliphatic rings. The van der Waals surface area contributed by atoms with E-state index >= 15 is 0 Å². The van der Waals surface area contributed by atoms with E-state index < -0.39 is 0 Å². The zero-order chi connectivity index (χ0) is 17.5. The first kappa shape index (κ1) is 20.0. The Morgan fingerprint density at radius 2 is 1.69 bits per heavy atom. The van der Waals surface area contributed by atoms with Gasteiger partial charge in [0.25, 0.3) is 0 Å². The number of hydrogen-bond donors (Lipinski definition) is 1. The highest BCUT2D eigenvalue weighted by molar-refractivity contribution is 5.85. The minimum Gasteiger partial charge on any atom is -0.493 e. The number of fused-ring (bicyclic) bond motifs is 1. The van der Waals surface area contributed by atoms with Gasteiger partial charge in [-0.1, -0.05) is 18.2 Å². The third-order valence-electron chi connectivity index (χ3n) is 3.85. The molecule has 1 aliphatic heterocycles. The molecule has 7 heteroatoms. The number of rotatable bonds is 8. The molecule has 0 radical (unpaired) electrons. The molecule has 1 heterocycles. The molecule has 0 fully saturated rings. The summed E-state index contributed by atoms with van der Waals surface area (Å²) in [7, 11) is 3.22. The third-order valence-corrected chi connectivity index (χ3v) is 3.85. The number of halogens is 1. The van der Waals surface area contributed by atoms with Gasteiger partial charge in [0.15, 0.2) is 23.0 Å². The van der Waals surface area contributed by atoms with Gasteiger partial charge in [0.1, 0.15) is 19.3 Å². The highest BCUT2D eigenvalue weighted by atomic mass is 35.5. The lowest BCUT2D eigenvalue weighted by Gasteiger charge is -2.26. The molecule has 6 nitrogen and oxygen atoms in total. The molecule has 0 bridgehead atoms. The van der Waals surface area contributed by atoms with Crippen molar-refractivity contribution >= 4 is 12.4 Å². The average Bonchev–Trinajstić information content (AvgIpc) is 2.67. The molecule has 2 aromatic carbocycles. The molecule has 0 saturated carbocycles. The van der Waals surface area contributed by atoms with Crippen LogP contribution < -0.4 is 29.0 Å². The van der Waals surface area contributed by atoms with Crippen molar-refractivity contribution in [3.05, 3.63) is 42.5 Å². The van der Waals surface area contributed by atoms with Gasteiger partial charge in [0, 0.05) is 13.1 Å². The van der Waals surface area contributed by atoms with Gasteiger partial charge in [-0.3, -0.25) is 0 Å². The van der Waals surface area contributed by atoms with Crippen LogP contribution in [-0.2, 0) is 0 Å². The average molecular weight is 382 g/mol. The van der Waals surface area contributed by atoms with E-state index in [0.29, 0.717) is 43.6 Å². The minimum atomic E-state index is -0.0179. The van der Waals surface area contributed by atoms with Gasteiger partial charge in [-0.2, -0.15) is 0 Å². The summed E-state index contributed by atoms with van der Waals surface area (Å²) in [6.45, 7) is 2.37. The van der Waals surface area contributed by atoms with E-state index in [4.69, 9.17) is 23.7 Å². The maximum atomic E-state index is 5.90. The fourth-order valence-corrected chi connectivity index (χ4v) is 2.61. The number of benzene rings is 2. The standard InChI is InChI=1S/C19H23NO5.ClH/c1-21-17-8-5-9-18(22-2)19(17)23-11-10-20-12-14-13-24-15-6-3-4-7-16(15)25-14;/h3-9,14,20H,10-13H2,1-2H3;1H/t14-;/m1./s1. The van der Waals surface area contributed by atoms with E-state index in [-0.39, 0.29) is 18.5 Å². The van der Waals surface area contributed by atoms with Crippen molar-refractivity contribution in [2.24, 2.45) is 0 Å². The number of para-hydroxylation sites is 3. The summed E-state index contributed by atoms with van der Waals surface area (Å²) in [5, 5.41) is 3.32. The third kappa shape index (κ3) is 4.86. The summed E-state index contributed by atoms with van der Waals surface area (Å²) in [5.41, 5.74) is 0. The molecule has 3 rings (SSSR count). The molecule has 26 heavy (non-hydrogen) atoms. The maximum absolute atomic E-state index is 5.90. The zero-order valence-electron chi connectivity index (χ0n) is 14.9. The predicted octanol–water partition coefficient (Wildman–Crippen LogP) is 2.93. The van der Waals surface area contributed by atoms with Crippen molar-refractivity contribution in [2.75, 3.05) is 40.5 Å². The smallest absolute Gasteiger partial charge is 0.203 e. The van der Waals surface area contributed by atoms with E-state index in [2.05, 4.69) is 5.32 Å². The predicted molar refractivity (Wildman–Crippen MR) is 102 cm³/mol. The molecule has 0 spiro atoms. The summed E-state index contributed by atoms with van der Waals surface area (Å²) in [6, 6.07) is 13.2. The highest BCUT2D eigenvalue weighted by Crippen LogP contribution is 2.36. The van der Waals surface area contributed by atoms with Gasteiger partial charge in [-0.15, -0.1) is 12.4 Å². The van der Waals surface area contributed by atoms with Crippen LogP contribution in [0.2, 0.25) is 0 Å². The Hall–Kier alpha value is -2.31. The van der Waals surface area contributed by atoms with Gasteiger partial charge < -0.3 is 29.0 Å². The molecule has 0 saturated heterocycles. The summed E-state index contributed by atoms with van der Waals surface area (Å²) in [4.78, 5) is 0. The van der Waals surface area contributed by atoms with E-state index in [0.717, 1.165) is 11.5 Å². The van der Waals surface area contributed by atoms with Gasteiger partial charge in [0.05, 0.1) is 14.2 Å². The molecule has 0 unspecified atom stereocenters. The Bertz CT molecular complexity index is 675. The zero-order valence-corrected chi connectivity index (χ0v) is 15.7. The van der Waals surface area contributed by atoms with Crippen LogP contribution in [0.3, 0.4) is 0 Å². The second kappa shape index (κ2) is 9.99. The van der Waals surface area contributed by atoms with E-state index in [9.17, 15) is 0 Å². The van der Waals surface area contributed by atoms with Crippen LogP contribution in [0.4, 0.5) is 0 Å². The Kier molecular flexibility index (Phi) is 7.69. The van der Waals surface area contributed by atoms with Crippen molar-refractivity contribution < 1.29 is 23.7 Å². The number of methoxy groups -OCH3 is 2. The topological polar surface area (TPSA) is 58.2 Å². The summed E-state index contributed by atoms with van der Waals surface area (Å²) >= 11 is 0. The Labute approximate surface area is 159 Å². The minimum absolute atomic E-state index is 0. The molecule has 0 amide bonds. The van der Waals surface area contributed by atoms with Crippen molar-refractivity contribution in [3.8, 4) is 28.7 Å². The normalized spacial score (nSPS) is 14.9. The van der Waals surface area contributed by atoms with Crippen LogP contribution in [-0.4, -0.2) is 46.6 Å². The highest BCUT2D eigenvalue weighted by Gasteiger charge is 2.20. The lowest BCUT2D eigenvalue weighted by molar-refractivity contribution is 0.0897. The largest absolute Gasteiger partial charge is 0.493 e. The second-order valence-corrected chi connectivity index (χ2v) is 5.54. The fraction of sp³-hybridized carbons (Fsp3) is 0.368. The van der Waals surface area contributed by atoms with Crippen LogP contribution in [0.25, 0.3) is 0 Å². The fourth-order valence-electron chi connectivity index (χ4n) is 2.61. The molecule has 0 aliphatic carbocycles. The van der Waals surface area contributed by atoms with Crippen LogP contribution in [0.1, 0.15) is 0 Å². The molecule has 0 aromatic heterocycles. The SMILES string of the molecule is COc1cccc(OC)c1OCCNC[C@@H]1COc2ccccc2O1.Cl. The quantitative estimate of drug-likeness (QED) is 0.709. The lowest BCUT2D eigenvalue weighted by Crippen LogP contribution is -2.39. The monoisotopic (exact) mass is 381 g/mol. The summed E-state index contributed by atoms with van der Waals surface area (Å²) in [6.07, 6.45) is -0.0179. The Morgan fingerprint density at radius 1 is 1.00 bits per heavy atom. The number of ether oxygens (including phenoxy) is 5. The van der Waals surface area contributed by atoms with E-state index in [1.165, 1.54) is 0 Å². The van der Waals surface area contributed by atoms with Crippen molar-refractivity contribution in [1.29, 1.82) is 0 Å². The van der Waals surface area contributed by atoms with E-state index in [1.807, 2.05) is 42.5 Å². The molecular weight excluding hydrogens is 358 g/mol. The first-order valence-corrected chi connectivity index (χ1v) is 8.25. The Balaban J connectivity index is 0.00000243. The number of nitrogens with one attached hydrogen (secondary N) is 1. The van der Waals surface area contributed by atoms with Gasteiger partial charge in [-0.05, 0) is 24.3 Å². The summed E-state index contributed by atoms with van der Waals surface area (Å²) < 4.78 is 28.0. The van der Waals surface area contributed by atoms with Gasteiger partial charge in [-0.25, -0.2) is 0 Å². The second-order valence-electron chi connectivity index (χ2n) is 5.54. The van der Waals surface area contributed by atoms with Crippen LogP contribution >= 0.6 is 12.4 Å². The van der Waals surface area contributed by atoms with Crippen LogP contribution in [0, 0.1) is 0 Å². The van der Waals surface area contributed by atoms with Crippen molar-refractivity contribution in [3.63, 3.8) is 0 Å². The number of hydrogen-bond acceptors (Lipinski definition) is 6. The molecule has 2 aromatic rings. The lowest BCUT2D eigenvalue weighted by atomic mass is 10.2. The van der Waals surface area contributed by atoms with Gasteiger partial charge >= 0.3 is 0 Å². The molecule has 142 valence electrons. The van der Waals surface area contributed by atoms with E-state index in [1.54, 1.807) is 14.2 Å². The van der Waals surface area contributed by atoms with Crippen molar-refractivity contribution in [2.45, 2.75) is 6.10 Å². The van der Waals surface area contributed by atoms with Gasteiger partial charge in [0.2, 0.25) is 5.75 Å². The first-order valence-electron chi connectivity index (χ1n) is 8.25. The van der Waals surface area contributed by atoms with Crippen LogP contribution in [0.15, 0.2) is 42.5 Å². The summed E-state index contributed by atoms with van der Waals surface area (Å²) in [5.74, 6) is 3.50. The molecule has 1 atom stereocenters. The molecular formula is C19H24ClNO5. The van der Waals surface area contributed by atoms with Crippen LogP contribution in [0.5, 0.6) is 28.7 Å². The maximum Gasteiger partial charge on any atom is 0.203 e. The molecule has 1 N–H and O–H groups in total.